The van der Waals surface area contributed by atoms with Crippen molar-refractivity contribution in [3.05, 3.63) is 0 Å². The van der Waals surface area contributed by atoms with Crippen molar-refractivity contribution in [3.63, 3.8) is 0 Å². The summed E-state index contributed by atoms with van der Waals surface area (Å²) in [5.41, 5.74) is 5.96. The summed E-state index contributed by atoms with van der Waals surface area (Å²) in [6.07, 6.45) is 3.51. The fraction of sp³-hybridized carbons (Fsp3) is 0.909. The standard InChI is InChI=1S/C11H23N3O/c1-8(12)10-6-4-5-7-14(10)9(2)11(15)13-3/h8-10H,4-7,12H2,1-3H3,(H,13,15). The molecular weight excluding hydrogens is 190 g/mol. The lowest BCUT2D eigenvalue weighted by Crippen LogP contribution is -2.56. The van der Waals surface area contributed by atoms with E-state index in [1.54, 1.807) is 7.05 Å². The van der Waals surface area contributed by atoms with E-state index in [1.807, 2.05) is 13.8 Å². The molecule has 3 atom stereocenters. The van der Waals surface area contributed by atoms with Gasteiger partial charge in [0.25, 0.3) is 0 Å². The minimum absolute atomic E-state index is 0.0636. The van der Waals surface area contributed by atoms with Crippen LogP contribution in [0.5, 0.6) is 0 Å². The van der Waals surface area contributed by atoms with Crippen LogP contribution in [0.1, 0.15) is 33.1 Å². The molecule has 1 heterocycles. The number of rotatable bonds is 3. The summed E-state index contributed by atoms with van der Waals surface area (Å²) in [7, 11) is 1.68. The van der Waals surface area contributed by atoms with E-state index in [1.165, 1.54) is 12.8 Å². The van der Waals surface area contributed by atoms with Gasteiger partial charge in [0.1, 0.15) is 0 Å². The number of amides is 1. The Hall–Kier alpha value is -0.610. The first-order chi connectivity index (χ1) is 7.07. The number of carbonyl (C=O) groups excluding carboxylic acids is 1. The number of likely N-dealkylation sites (tertiary alicyclic amines) is 1. The molecule has 1 saturated heterocycles. The third kappa shape index (κ3) is 2.92. The van der Waals surface area contributed by atoms with Crippen LogP contribution in [0.2, 0.25) is 0 Å². The molecule has 88 valence electrons. The molecule has 0 bridgehead atoms. The van der Waals surface area contributed by atoms with Crippen LogP contribution in [0.3, 0.4) is 0 Å². The van der Waals surface area contributed by atoms with Gasteiger partial charge in [-0.1, -0.05) is 6.42 Å². The normalized spacial score (nSPS) is 27.1. The Morgan fingerprint density at radius 3 is 2.67 bits per heavy atom. The van der Waals surface area contributed by atoms with E-state index in [2.05, 4.69) is 10.2 Å². The first-order valence-electron chi connectivity index (χ1n) is 5.81. The zero-order valence-corrected chi connectivity index (χ0v) is 9.99. The summed E-state index contributed by atoms with van der Waals surface area (Å²) >= 11 is 0. The summed E-state index contributed by atoms with van der Waals surface area (Å²) in [4.78, 5) is 13.8. The van der Waals surface area contributed by atoms with Crippen molar-refractivity contribution in [1.29, 1.82) is 0 Å². The van der Waals surface area contributed by atoms with Crippen molar-refractivity contribution in [3.8, 4) is 0 Å². The van der Waals surface area contributed by atoms with Gasteiger partial charge in [0, 0.05) is 19.1 Å². The van der Waals surface area contributed by atoms with Gasteiger partial charge < -0.3 is 11.1 Å². The minimum atomic E-state index is -0.0636. The average molecular weight is 213 g/mol. The topological polar surface area (TPSA) is 58.4 Å². The van der Waals surface area contributed by atoms with Crippen LogP contribution >= 0.6 is 0 Å². The number of nitrogens with one attached hydrogen (secondary N) is 1. The van der Waals surface area contributed by atoms with Gasteiger partial charge in [-0.3, -0.25) is 9.69 Å². The molecule has 1 fully saturated rings. The molecule has 0 aromatic rings. The van der Waals surface area contributed by atoms with E-state index in [9.17, 15) is 4.79 Å². The van der Waals surface area contributed by atoms with Crippen LogP contribution < -0.4 is 11.1 Å². The molecule has 4 heteroatoms. The van der Waals surface area contributed by atoms with Crippen molar-refractivity contribution < 1.29 is 4.79 Å². The predicted octanol–water partition coefficient (Wildman–Crippen LogP) is 0.323. The zero-order valence-electron chi connectivity index (χ0n) is 9.99. The second-order valence-electron chi connectivity index (χ2n) is 4.45. The molecule has 3 N–H and O–H groups in total. The molecule has 0 saturated carbocycles. The quantitative estimate of drug-likeness (QED) is 0.710. The number of carbonyl (C=O) groups is 1. The number of nitrogens with zero attached hydrogens (tertiary/aromatic N) is 1. The first-order valence-corrected chi connectivity index (χ1v) is 5.81. The van der Waals surface area contributed by atoms with Crippen LogP contribution in [0.25, 0.3) is 0 Å². The summed E-state index contributed by atoms with van der Waals surface area (Å²) < 4.78 is 0. The molecule has 3 unspecified atom stereocenters. The van der Waals surface area contributed by atoms with E-state index in [4.69, 9.17) is 5.73 Å². The monoisotopic (exact) mass is 213 g/mol. The van der Waals surface area contributed by atoms with Crippen LogP contribution in [-0.4, -0.2) is 42.5 Å². The molecule has 0 aromatic heterocycles. The third-order valence-corrected chi connectivity index (χ3v) is 3.32. The maximum Gasteiger partial charge on any atom is 0.236 e. The molecular formula is C11H23N3O. The van der Waals surface area contributed by atoms with E-state index >= 15 is 0 Å². The second-order valence-corrected chi connectivity index (χ2v) is 4.45. The van der Waals surface area contributed by atoms with Gasteiger partial charge in [-0.05, 0) is 33.2 Å². The summed E-state index contributed by atoms with van der Waals surface area (Å²) in [6.45, 7) is 4.97. The Balaban J connectivity index is 2.67. The van der Waals surface area contributed by atoms with E-state index in [0.717, 1.165) is 13.0 Å². The van der Waals surface area contributed by atoms with Crippen molar-refractivity contribution >= 4 is 5.91 Å². The Morgan fingerprint density at radius 2 is 2.13 bits per heavy atom. The van der Waals surface area contributed by atoms with Gasteiger partial charge in [-0.2, -0.15) is 0 Å². The Morgan fingerprint density at radius 1 is 1.47 bits per heavy atom. The number of hydrogen-bond acceptors (Lipinski definition) is 3. The van der Waals surface area contributed by atoms with Gasteiger partial charge in [0.15, 0.2) is 0 Å². The maximum absolute atomic E-state index is 11.6. The maximum atomic E-state index is 11.6. The number of piperidine rings is 1. The highest BCUT2D eigenvalue weighted by atomic mass is 16.2. The van der Waals surface area contributed by atoms with Crippen LogP contribution in [0, 0.1) is 0 Å². The zero-order chi connectivity index (χ0) is 11.4. The van der Waals surface area contributed by atoms with Gasteiger partial charge >= 0.3 is 0 Å². The Bertz CT molecular complexity index is 218. The molecule has 0 aromatic carbocycles. The van der Waals surface area contributed by atoms with Gasteiger partial charge in [0.2, 0.25) is 5.91 Å². The fourth-order valence-corrected chi connectivity index (χ4v) is 2.38. The lowest BCUT2D eigenvalue weighted by atomic mass is 9.95. The minimum Gasteiger partial charge on any atom is -0.358 e. The molecule has 1 amide bonds. The molecule has 1 rings (SSSR count). The van der Waals surface area contributed by atoms with Crippen molar-refractivity contribution in [1.82, 2.24) is 10.2 Å². The highest BCUT2D eigenvalue weighted by Gasteiger charge is 2.31. The number of nitrogens with two attached hydrogens (primary N) is 1. The average Bonchev–Trinajstić information content (AvgIpc) is 2.27. The highest BCUT2D eigenvalue weighted by molar-refractivity contribution is 5.81. The summed E-state index contributed by atoms with van der Waals surface area (Å²) in [5.74, 6) is 0.0857. The van der Waals surface area contributed by atoms with Crippen LogP contribution in [-0.2, 0) is 4.79 Å². The van der Waals surface area contributed by atoms with Crippen molar-refractivity contribution in [2.24, 2.45) is 5.73 Å². The first kappa shape index (κ1) is 12.5. The smallest absolute Gasteiger partial charge is 0.236 e. The van der Waals surface area contributed by atoms with E-state index in [0.29, 0.717) is 6.04 Å². The van der Waals surface area contributed by atoms with Gasteiger partial charge in [-0.25, -0.2) is 0 Å². The molecule has 0 radical (unpaired) electrons. The lowest BCUT2D eigenvalue weighted by molar-refractivity contribution is -0.127. The Labute approximate surface area is 92.2 Å². The molecule has 1 aliphatic rings. The number of hydrogen-bond donors (Lipinski definition) is 2. The molecule has 4 nitrogen and oxygen atoms in total. The van der Waals surface area contributed by atoms with Crippen molar-refractivity contribution in [2.45, 2.75) is 51.2 Å². The van der Waals surface area contributed by atoms with Crippen LogP contribution in [0.4, 0.5) is 0 Å². The Kier molecular flexibility index (Phi) is 4.54. The molecule has 15 heavy (non-hydrogen) atoms. The lowest BCUT2D eigenvalue weighted by Gasteiger charge is -2.41. The van der Waals surface area contributed by atoms with Crippen molar-refractivity contribution in [2.75, 3.05) is 13.6 Å². The highest BCUT2D eigenvalue weighted by Crippen LogP contribution is 2.21. The molecule has 0 aliphatic carbocycles. The van der Waals surface area contributed by atoms with E-state index in [-0.39, 0.29) is 18.0 Å². The van der Waals surface area contributed by atoms with E-state index < -0.39 is 0 Å². The fourth-order valence-electron chi connectivity index (χ4n) is 2.38. The number of likely N-dealkylation sites (N-methyl/N-ethyl adjacent to an activating group) is 1. The predicted molar refractivity (Wildman–Crippen MR) is 61.5 cm³/mol. The molecule has 1 aliphatic heterocycles. The summed E-state index contributed by atoms with van der Waals surface area (Å²) in [6, 6.07) is 0.426. The second kappa shape index (κ2) is 5.47. The van der Waals surface area contributed by atoms with Gasteiger partial charge in [-0.15, -0.1) is 0 Å². The SMILES string of the molecule is CNC(=O)C(C)N1CCCCC1C(C)N. The summed E-state index contributed by atoms with van der Waals surface area (Å²) in [5, 5.41) is 2.70. The third-order valence-electron chi connectivity index (χ3n) is 3.32. The largest absolute Gasteiger partial charge is 0.358 e. The van der Waals surface area contributed by atoms with Crippen LogP contribution in [0.15, 0.2) is 0 Å². The van der Waals surface area contributed by atoms with Gasteiger partial charge in [0.05, 0.1) is 6.04 Å². The molecule has 0 spiro atoms.